The summed E-state index contributed by atoms with van der Waals surface area (Å²) in [6.07, 6.45) is 0. The summed E-state index contributed by atoms with van der Waals surface area (Å²) in [5, 5.41) is 4.67. The van der Waals surface area contributed by atoms with Gasteiger partial charge in [0.15, 0.2) is 12.5 Å². The first kappa shape index (κ1) is 16.5. The summed E-state index contributed by atoms with van der Waals surface area (Å²) in [6.45, 7) is 1.43. The van der Waals surface area contributed by atoms with Gasteiger partial charge in [-0.3, -0.25) is 0 Å². The summed E-state index contributed by atoms with van der Waals surface area (Å²) >= 11 is 5.51. The summed E-state index contributed by atoms with van der Waals surface area (Å²) in [5.74, 6) is 0.644. The minimum Gasteiger partial charge on any atom is -0.315 e. The molecular formula is C18H20FN4S+. The van der Waals surface area contributed by atoms with E-state index in [2.05, 4.69) is 12.1 Å². The Morgan fingerprint density at radius 3 is 2.42 bits per heavy atom. The second-order valence-electron chi connectivity index (χ2n) is 5.95. The molecule has 1 unspecified atom stereocenters. The Hall–Kier alpha value is -2.31. The van der Waals surface area contributed by atoms with E-state index in [1.807, 2.05) is 58.8 Å². The van der Waals surface area contributed by atoms with Gasteiger partial charge in [0.1, 0.15) is 12.4 Å². The molecule has 6 heteroatoms. The highest BCUT2D eigenvalue weighted by atomic mass is 32.1. The van der Waals surface area contributed by atoms with E-state index in [9.17, 15) is 4.39 Å². The SMILES string of the molecule is Cn1c(-c2ccccc2)nn(C[NH+](C)Cc2ccc(F)cc2)c1=S. The Morgan fingerprint density at radius 1 is 1.08 bits per heavy atom. The molecule has 0 aliphatic rings. The highest BCUT2D eigenvalue weighted by Crippen LogP contribution is 2.16. The number of hydrogen-bond acceptors (Lipinski definition) is 2. The molecule has 24 heavy (non-hydrogen) atoms. The number of nitrogens with zero attached hydrogens (tertiary/aromatic N) is 3. The molecule has 0 fully saturated rings. The molecule has 4 nitrogen and oxygen atoms in total. The number of quaternary nitrogens is 1. The zero-order valence-electron chi connectivity index (χ0n) is 13.7. The standard InChI is InChI=1S/C18H19FN4S/c1-21(12-14-8-10-16(19)11-9-14)13-23-18(24)22(2)17(20-23)15-6-4-3-5-7-15/h3-11H,12-13H2,1-2H3/p+1. The lowest BCUT2D eigenvalue weighted by molar-refractivity contribution is -0.917. The van der Waals surface area contributed by atoms with Gasteiger partial charge in [0.2, 0.25) is 4.77 Å². The predicted molar refractivity (Wildman–Crippen MR) is 94.5 cm³/mol. The highest BCUT2D eigenvalue weighted by Gasteiger charge is 2.13. The van der Waals surface area contributed by atoms with Gasteiger partial charge in [-0.2, -0.15) is 4.68 Å². The van der Waals surface area contributed by atoms with Crippen LogP contribution in [0.1, 0.15) is 5.56 Å². The Balaban J connectivity index is 1.78. The van der Waals surface area contributed by atoms with E-state index in [1.165, 1.54) is 17.0 Å². The lowest BCUT2D eigenvalue weighted by Crippen LogP contribution is -3.07. The minimum atomic E-state index is -0.212. The van der Waals surface area contributed by atoms with Crippen LogP contribution in [0.25, 0.3) is 11.4 Å². The number of benzene rings is 2. The van der Waals surface area contributed by atoms with Gasteiger partial charge < -0.3 is 9.47 Å². The van der Waals surface area contributed by atoms with Crippen LogP contribution in [-0.2, 0) is 20.3 Å². The van der Waals surface area contributed by atoms with E-state index in [4.69, 9.17) is 12.2 Å². The molecule has 0 saturated heterocycles. The molecule has 0 saturated carbocycles. The Morgan fingerprint density at radius 2 is 1.75 bits per heavy atom. The Kier molecular flexibility index (Phi) is 4.87. The lowest BCUT2D eigenvalue weighted by atomic mass is 10.2. The average Bonchev–Trinajstić information content (AvgIpc) is 2.86. The van der Waals surface area contributed by atoms with Gasteiger partial charge in [0.25, 0.3) is 0 Å². The first-order chi connectivity index (χ1) is 11.5. The first-order valence-corrected chi connectivity index (χ1v) is 8.20. The van der Waals surface area contributed by atoms with Gasteiger partial charge >= 0.3 is 0 Å². The second kappa shape index (κ2) is 7.07. The van der Waals surface area contributed by atoms with Crippen LogP contribution in [0.4, 0.5) is 4.39 Å². The van der Waals surface area contributed by atoms with Crippen LogP contribution in [0.3, 0.4) is 0 Å². The van der Waals surface area contributed by atoms with Crippen LogP contribution in [0.5, 0.6) is 0 Å². The van der Waals surface area contributed by atoms with E-state index in [1.54, 1.807) is 0 Å². The van der Waals surface area contributed by atoms with Gasteiger partial charge in [-0.25, -0.2) is 4.39 Å². The van der Waals surface area contributed by atoms with Crippen molar-refractivity contribution in [1.29, 1.82) is 0 Å². The summed E-state index contributed by atoms with van der Waals surface area (Å²) in [4.78, 5) is 1.22. The fourth-order valence-electron chi connectivity index (χ4n) is 2.69. The van der Waals surface area contributed by atoms with Gasteiger partial charge in [-0.15, -0.1) is 5.10 Å². The molecule has 3 rings (SSSR count). The molecule has 0 aliphatic heterocycles. The average molecular weight is 343 g/mol. The molecular weight excluding hydrogens is 323 g/mol. The second-order valence-corrected chi connectivity index (χ2v) is 6.31. The predicted octanol–water partition coefficient (Wildman–Crippen LogP) is 2.43. The summed E-state index contributed by atoms with van der Waals surface area (Å²) in [5.41, 5.74) is 2.13. The molecule has 1 heterocycles. The molecule has 1 N–H and O–H groups in total. The number of aromatic nitrogens is 3. The van der Waals surface area contributed by atoms with Gasteiger partial charge in [-0.1, -0.05) is 42.5 Å². The molecule has 3 aromatic rings. The van der Waals surface area contributed by atoms with Crippen molar-refractivity contribution in [3.05, 3.63) is 70.7 Å². The zero-order valence-corrected chi connectivity index (χ0v) is 14.6. The van der Waals surface area contributed by atoms with Crippen LogP contribution in [-0.4, -0.2) is 21.4 Å². The third-order valence-electron chi connectivity index (χ3n) is 3.91. The maximum Gasteiger partial charge on any atom is 0.202 e. The number of halogens is 1. The van der Waals surface area contributed by atoms with Crippen molar-refractivity contribution in [2.75, 3.05) is 7.05 Å². The van der Waals surface area contributed by atoms with Crippen molar-refractivity contribution < 1.29 is 9.29 Å². The highest BCUT2D eigenvalue weighted by molar-refractivity contribution is 7.71. The summed E-state index contributed by atoms with van der Waals surface area (Å²) in [6, 6.07) is 16.6. The minimum absolute atomic E-state index is 0.212. The van der Waals surface area contributed by atoms with Crippen LogP contribution in [0, 0.1) is 10.6 Å². The third kappa shape index (κ3) is 3.60. The lowest BCUT2D eigenvalue weighted by Gasteiger charge is -2.13. The molecule has 0 radical (unpaired) electrons. The maximum absolute atomic E-state index is 13.0. The first-order valence-electron chi connectivity index (χ1n) is 7.79. The van der Waals surface area contributed by atoms with Gasteiger partial charge in [-0.05, 0) is 24.4 Å². The van der Waals surface area contributed by atoms with Gasteiger partial charge in [0.05, 0.1) is 7.05 Å². The third-order valence-corrected chi connectivity index (χ3v) is 4.40. The quantitative estimate of drug-likeness (QED) is 0.721. The van der Waals surface area contributed by atoms with Gasteiger partial charge in [0, 0.05) is 18.2 Å². The molecule has 1 atom stereocenters. The Labute approximate surface area is 145 Å². The van der Waals surface area contributed by atoms with Crippen LogP contribution >= 0.6 is 12.2 Å². The van der Waals surface area contributed by atoms with E-state index < -0.39 is 0 Å². The molecule has 1 aromatic heterocycles. The van der Waals surface area contributed by atoms with Crippen molar-refractivity contribution in [2.24, 2.45) is 7.05 Å². The van der Waals surface area contributed by atoms with E-state index in [0.717, 1.165) is 23.5 Å². The van der Waals surface area contributed by atoms with Crippen molar-refractivity contribution in [3.8, 4) is 11.4 Å². The molecule has 0 amide bonds. The number of hydrogen-bond donors (Lipinski definition) is 1. The topological polar surface area (TPSA) is 27.2 Å². The van der Waals surface area contributed by atoms with Crippen LogP contribution < -0.4 is 4.90 Å². The van der Waals surface area contributed by atoms with Crippen LogP contribution in [0.15, 0.2) is 54.6 Å². The molecule has 0 spiro atoms. The maximum atomic E-state index is 13.0. The van der Waals surface area contributed by atoms with Crippen molar-refractivity contribution in [3.63, 3.8) is 0 Å². The summed E-state index contributed by atoms with van der Waals surface area (Å²) in [7, 11) is 4.01. The largest absolute Gasteiger partial charge is 0.315 e. The molecule has 0 aliphatic carbocycles. The van der Waals surface area contributed by atoms with Crippen LogP contribution in [0.2, 0.25) is 0 Å². The number of nitrogens with one attached hydrogen (secondary N) is 1. The summed E-state index contributed by atoms with van der Waals surface area (Å²) < 4.78 is 17.5. The fourth-order valence-corrected chi connectivity index (χ4v) is 2.88. The smallest absolute Gasteiger partial charge is 0.202 e. The zero-order chi connectivity index (χ0) is 17.1. The van der Waals surface area contributed by atoms with Crippen molar-refractivity contribution in [2.45, 2.75) is 13.2 Å². The normalized spacial score (nSPS) is 12.3. The van der Waals surface area contributed by atoms with Crippen molar-refractivity contribution in [1.82, 2.24) is 14.3 Å². The van der Waals surface area contributed by atoms with E-state index >= 15 is 0 Å². The molecule has 124 valence electrons. The monoisotopic (exact) mass is 343 g/mol. The fraction of sp³-hybridized carbons (Fsp3) is 0.222. The van der Waals surface area contributed by atoms with E-state index in [0.29, 0.717) is 11.4 Å². The molecule has 0 bridgehead atoms. The Bertz CT molecular complexity index is 868. The van der Waals surface area contributed by atoms with Crippen molar-refractivity contribution >= 4 is 12.2 Å². The molecule has 2 aromatic carbocycles. The number of rotatable bonds is 5. The van der Waals surface area contributed by atoms with E-state index in [-0.39, 0.29) is 5.82 Å².